The minimum Gasteiger partial charge on any atom is -0.481 e. The van der Waals surface area contributed by atoms with E-state index in [-0.39, 0.29) is 18.0 Å². The van der Waals surface area contributed by atoms with Crippen molar-refractivity contribution in [3.63, 3.8) is 0 Å². The Morgan fingerprint density at radius 2 is 2.25 bits per heavy atom. The molecule has 0 aliphatic heterocycles. The Labute approximate surface area is 118 Å². The molecule has 1 aromatic rings. The van der Waals surface area contributed by atoms with Gasteiger partial charge in [-0.2, -0.15) is 0 Å². The zero-order valence-electron chi connectivity index (χ0n) is 11.8. The van der Waals surface area contributed by atoms with Crippen LogP contribution < -0.4 is 10.6 Å². The summed E-state index contributed by atoms with van der Waals surface area (Å²) in [6, 6.07) is -0.417. The van der Waals surface area contributed by atoms with E-state index in [9.17, 15) is 9.59 Å². The molecule has 0 bridgehead atoms. The third-order valence-electron chi connectivity index (χ3n) is 3.08. The zero-order valence-corrected chi connectivity index (χ0v) is 11.8. The Hall–Kier alpha value is -2.05. The number of urea groups is 1. The van der Waals surface area contributed by atoms with E-state index in [1.807, 2.05) is 6.92 Å². The van der Waals surface area contributed by atoms with Crippen molar-refractivity contribution in [2.75, 3.05) is 6.54 Å². The summed E-state index contributed by atoms with van der Waals surface area (Å²) in [5, 5.41) is 14.3. The lowest BCUT2D eigenvalue weighted by atomic mass is 10.1. The van der Waals surface area contributed by atoms with Crippen LogP contribution in [0.3, 0.4) is 0 Å². The molecule has 0 fully saturated rings. The lowest BCUT2D eigenvalue weighted by molar-refractivity contribution is -0.141. The number of nitrogens with zero attached hydrogens (tertiary/aromatic N) is 1. The number of hydrogen-bond donors (Lipinski definition) is 4. The number of H-pyrrole nitrogens is 1. The number of carboxylic acids is 1. The van der Waals surface area contributed by atoms with Crippen LogP contribution in [0.25, 0.3) is 0 Å². The maximum atomic E-state index is 11.7. The molecule has 1 heterocycles. The normalized spacial score (nSPS) is 13.5. The second-order valence-corrected chi connectivity index (χ2v) is 4.72. The first-order valence-electron chi connectivity index (χ1n) is 6.81. The predicted molar refractivity (Wildman–Crippen MR) is 74.2 cm³/mol. The number of aromatic nitrogens is 2. The maximum absolute atomic E-state index is 11.7. The average Bonchev–Trinajstić information content (AvgIpc) is 2.94. The van der Waals surface area contributed by atoms with Gasteiger partial charge in [0.15, 0.2) is 0 Å². The Morgan fingerprint density at radius 3 is 2.80 bits per heavy atom. The topological polar surface area (TPSA) is 107 Å². The van der Waals surface area contributed by atoms with Gasteiger partial charge in [-0.25, -0.2) is 9.78 Å². The molecule has 1 rings (SSSR count). The largest absolute Gasteiger partial charge is 0.481 e. The monoisotopic (exact) mass is 282 g/mol. The molecular formula is C13H22N4O3. The molecule has 112 valence electrons. The highest BCUT2D eigenvalue weighted by atomic mass is 16.4. The van der Waals surface area contributed by atoms with Crippen LogP contribution in [0.5, 0.6) is 0 Å². The zero-order chi connectivity index (χ0) is 15.0. The fourth-order valence-corrected chi connectivity index (χ4v) is 1.77. The van der Waals surface area contributed by atoms with E-state index in [0.29, 0.717) is 19.4 Å². The van der Waals surface area contributed by atoms with Crippen molar-refractivity contribution < 1.29 is 14.7 Å². The predicted octanol–water partition coefficient (Wildman–Crippen LogP) is 1.66. The van der Waals surface area contributed by atoms with Crippen LogP contribution in [0, 0.1) is 5.92 Å². The first-order valence-corrected chi connectivity index (χ1v) is 6.81. The summed E-state index contributed by atoms with van der Waals surface area (Å²) in [6.45, 7) is 4.08. The molecule has 0 spiro atoms. The van der Waals surface area contributed by atoms with Crippen molar-refractivity contribution in [1.29, 1.82) is 0 Å². The van der Waals surface area contributed by atoms with Crippen LogP contribution in [0.4, 0.5) is 4.79 Å². The van der Waals surface area contributed by atoms with E-state index in [0.717, 1.165) is 12.2 Å². The average molecular weight is 282 g/mol. The molecule has 0 saturated heterocycles. The van der Waals surface area contributed by atoms with Crippen molar-refractivity contribution in [2.45, 2.75) is 39.2 Å². The minimum atomic E-state index is -0.807. The summed E-state index contributed by atoms with van der Waals surface area (Å²) in [5.41, 5.74) is 0. The van der Waals surface area contributed by atoms with Gasteiger partial charge in [-0.15, -0.1) is 0 Å². The lowest BCUT2D eigenvalue weighted by Gasteiger charge is -2.15. The highest BCUT2D eigenvalue weighted by molar-refractivity contribution is 5.74. The highest BCUT2D eigenvalue weighted by Gasteiger charge is 2.14. The number of carboxylic acid groups (broad SMARTS) is 1. The molecule has 20 heavy (non-hydrogen) atoms. The summed E-state index contributed by atoms with van der Waals surface area (Å²) in [6.07, 6.45) is 5.27. The van der Waals surface area contributed by atoms with Crippen molar-refractivity contribution in [3.05, 3.63) is 18.2 Å². The Balaban J connectivity index is 2.24. The Bertz CT molecular complexity index is 419. The van der Waals surface area contributed by atoms with Crippen LogP contribution in [0.15, 0.2) is 12.4 Å². The summed E-state index contributed by atoms with van der Waals surface area (Å²) < 4.78 is 0. The van der Waals surface area contributed by atoms with Gasteiger partial charge in [0.2, 0.25) is 0 Å². The molecule has 1 aromatic heterocycles. The van der Waals surface area contributed by atoms with Gasteiger partial charge in [-0.3, -0.25) is 4.79 Å². The number of nitrogens with one attached hydrogen (secondary N) is 3. The molecule has 2 atom stereocenters. The van der Waals surface area contributed by atoms with Crippen LogP contribution in [0.1, 0.15) is 45.0 Å². The quantitative estimate of drug-likeness (QED) is 0.544. The molecule has 0 aliphatic rings. The summed E-state index contributed by atoms with van der Waals surface area (Å²) >= 11 is 0. The summed E-state index contributed by atoms with van der Waals surface area (Å²) in [5.74, 6) is -0.466. The molecule has 0 aliphatic carbocycles. The minimum absolute atomic E-state index is 0.150. The first kappa shape index (κ1) is 16.0. The molecule has 2 amide bonds. The van der Waals surface area contributed by atoms with Gasteiger partial charge in [-0.1, -0.05) is 13.8 Å². The molecule has 0 saturated carbocycles. The number of aromatic amines is 1. The van der Waals surface area contributed by atoms with Crippen molar-refractivity contribution >= 4 is 12.0 Å². The molecule has 4 N–H and O–H groups in total. The van der Waals surface area contributed by atoms with E-state index in [2.05, 4.69) is 20.6 Å². The molecule has 0 radical (unpaired) electrons. The molecule has 2 unspecified atom stereocenters. The van der Waals surface area contributed by atoms with Gasteiger partial charge in [0, 0.05) is 18.9 Å². The van der Waals surface area contributed by atoms with Gasteiger partial charge in [0.25, 0.3) is 0 Å². The Kier molecular flexibility index (Phi) is 6.55. The SMILES string of the molecule is CCC(NC(=O)NCCCC(C)C(=O)O)c1ncc[nH]1. The third-order valence-corrected chi connectivity index (χ3v) is 3.08. The van der Waals surface area contributed by atoms with Gasteiger partial charge >= 0.3 is 12.0 Å². The number of rotatable bonds is 8. The second-order valence-electron chi connectivity index (χ2n) is 4.72. The number of imidazole rings is 1. The Morgan fingerprint density at radius 1 is 1.50 bits per heavy atom. The fraction of sp³-hybridized carbons (Fsp3) is 0.615. The van der Waals surface area contributed by atoms with Crippen LogP contribution in [-0.4, -0.2) is 33.6 Å². The number of carbonyl (C=O) groups excluding carboxylic acids is 1. The summed E-state index contributed by atoms with van der Waals surface area (Å²) in [7, 11) is 0. The van der Waals surface area contributed by atoms with Gasteiger partial charge < -0.3 is 20.7 Å². The van der Waals surface area contributed by atoms with E-state index in [4.69, 9.17) is 5.11 Å². The molecule has 0 aromatic carbocycles. The fourth-order valence-electron chi connectivity index (χ4n) is 1.77. The van der Waals surface area contributed by atoms with Crippen molar-refractivity contribution in [1.82, 2.24) is 20.6 Å². The number of aliphatic carboxylic acids is 1. The molecule has 7 heteroatoms. The molecule has 7 nitrogen and oxygen atoms in total. The first-order chi connectivity index (χ1) is 9.54. The van der Waals surface area contributed by atoms with Crippen LogP contribution in [0.2, 0.25) is 0 Å². The number of carbonyl (C=O) groups is 2. The number of amides is 2. The van der Waals surface area contributed by atoms with E-state index >= 15 is 0 Å². The molecular weight excluding hydrogens is 260 g/mol. The smallest absolute Gasteiger partial charge is 0.315 e. The van der Waals surface area contributed by atoms with Crippen LogP contribution >= 0.6 is 0 Å². The van der Waals surface area contributed by atoms with Gasteiger partial charge in [0.1, 0.15) is 5.82 Å². The lowest BCUT2D eigenvalue weighted by Crippen LogP contribution is -2.38. The van der Waals surface area contributed by atoms with Gasteiger partial charge in [-0.05, 0) is 19.3 Å². The van der Waals surface area contributed by atoms with Crippen molar-refractivity contribution in [3.8, 4) is 0 Å². The standard InChI is InChI=1S/C13H22N4O3/c1-3-10(11-14-7-8-15-11)17-13(20)16-6-4-5-9(2)12(18)19/h7-10H,3-6H2,1-2H3,(H,14,15)(H,18,19)(H2,16,17,20). The van der Waals surface area contributed by atoms with E-state index < -0.39 is 5.97 Å². The maximum Gasteiger partial charge on any atom is 0.315 e. The van der Waals surface area contributed by atoms with E-state index in [1.54, 1.807) is 19.3 Å². The van der Waals surface area contributed by atoms with Gasteiger partial charge in [0.05, 0.1) is 12.0 Å². The number of hydrogen-bond acceptors (Lipinski definition) is 3. The van der Waals surface area contributed by atoms with E-state index in [1.165, 1.54) is 0 Å². The summed E-state index contributed by atoms with van der Waals surface area (Å²) in [4.78, 5) is 29.4. The van der Waals surface area contributed by atoms with Crippen molar-refractivity contribution in [2.24, 2.45) is 5.92 Å². The van der Waals surface area contributed by atoms with Crippen LogP contribution in [-0.2, 0) is 4.79 Å². The highest BCUT2D eigenvalue weighted by Crippen LogP contribution is 2.10. The third kappa shape index (κ3) is 5.29. The second kappa shape index (κ2) is 8.19.